The van der Waals surface area contributed by atoms with E-state index < -0.39 is 246 Å². The number of alkyl halides is 3. The lowest BCUT2D eigenvalue weighted by molar-refractivity contribution is -0.192. The Balaban J connectivity index is 0.00000373. The van der Waals surface area contributed by atoms with Gasteiger partial charge in [-0.1, -0.05) is 125 Å². The zero-order chi connectivity index (χ0) is 99.0. The van der Waals surface area contributed by atoms with Crippen LogP contribution in [0.5, 0.6) is 5.75 Å². The number of aromatic hydroxyl groups is 1. The Morgan fingerprint density at radius 2 is 1.21 bits per heavy atom. The van der Waals surface area contributed by atoms with Crippen molar-refractivity contribution in [3.63, 3.8) is 0 Å². The maximum Gasteiger partial charge on any atom is 0.490 e. The van der Waals surface area contributed by atoms with Crippen molar-refractivity contribution in [1.82, 2.24) is 93.1 Å². The number of rotatable bonds is 29. The number of carbonyl (C=O) groups excluding carboxylic acids is 15. The lowest BCUT2D eigenvalue weighted by Gasteiger charge is -2.33. The van der Waals surface area contributed by atoms with Gasteiger partial charge in [0.05, 0.1) is 25.3 Å². The number of amides is 15. The van der Waals surface area contributed by atoms with E-state index in [1.54, 1.807) is 126 Å². The molecule has 1 aliphatic heterocycles. The Morgan fingerprint density at radius 3 is 1.80 bits per heavy atom. The van der Waals surface area contributed by atoms with Crippen molar-refractivity contribution in [2.24, 2.45) is 47.7 Å². The van der Waals surface area contributed by atoms with Crippen LogP contribution in [0.25, 0.3) is 21.8 Å². The summed E-state index contributed by atoms with van der Waals surface area (Å²) in [5, 5.41) is 67.9. The number of phenols is 1. The molecular formula is C85H118F3N23O20S2. The molecule has 0 saturated carbocycles. The van der Waals surface area contributed by atoms with E-state index in [0.29, 0.717) is 44.9 Å². The van der Waals surface area contributed by atoms with Gasteiger partial charge in [0.2, 0.25) is 88.6 Å². The van der Waals surface area contributed by atoms with Crippen LogP contribution < -0.4 is 86.7 Å². The third-order valence-corrected chi connectivity index (χ3v) is 24.3. The van der Waals surface area contributed by atoms with Crippen molar-refractivity contribution >= 4 is 150 Å². The van der Waals surface area contributed by atoms with Crippen LogP contribution in [0.2, 0.25) is 0 Å². The van der Waals surface area contributed by atoms with Gasteiger partial charge in [-0.05, 0) is 91.3 Å². The van der Waals surface area contributed by atoms with Gasteiger partial charge >= 0.3 is 18.1 Å². The normalized spacial score (nSPS) is 21.3. The summed E-state index contributed by atoms with van der Waals surface area (Å²) < 4.78 is 33.5. The smallest absolute Gasteiger partial charge is 0.490 e. The first-order valence-electron chi connectivity index (χ1n) is 42.5. The number of benzene rings is 3. The van der Waals surface area contributed by atoms with E-state index in [9.17, 15) is 71.3 Å². The lowest BCUT2D eigenvalue weighted by Crippen LogP contribution is -2.62. The second-order valence-electron chi connectivity index (χ2n) is 32.5. The van der Waals surface area contributed by atoms with Crippen LogP contribution in [0, 0.1) is 23.2 Å². The highest BCUT2D eigenvalue weighted by atomic mass is 33.1. The molecule has 15 atom stereocenters. The van der Waals surface area contributed by atoms with Gasteiger partial charge in [0, 0.05) is 111 Å². The molecule has 26 N–H and O–H groups in total. The topological polar surface area (TPSA) is 679 Å². The number of aromatic amines is 2. The van der Waals surface area contributed by atoms with Gasteiger partial charge in [-0.2, -0.15) is 13.2 Å². The molecule has 6 aromatic rings. The molecule has 3 aromatic heterocycles. The van der Waals surface area contributed by atoms with E-state index in [0.717, 1.165) is 31.4 Å². The number of para-hydroxylation sites is 2. The van der Waals surface area contributed by atoms with Crippen molar-refractivity contribution in [2.45, 2.75) is 204 Å². The number of aryl methyl sites for hydroxylation is 1. The Hall–Kier alpha value is -13.5. The summed E-state index contributed by atoms with van der Waals surface area (Å²) in [5.74, 6) is -22.8. The number of nitrogens with zero attached hydrogens (tertiary/aromatic N) is 4. The van der Waals surface area contributed by atoms with Crippen molar-refractivity contribution in [3.05, 3.63) is 120 Å². The zero-order valence-corrected chi connectivity index (χ0v) is 76.5. The fourth-order valence-corrected chi connectivity index (χ4v) is 16.5. The minimum absolute atomic E-state index is 0.0137. The van der Waals surface area contributed by atoms with E-state index in [1.807, 2.05) is 0 Å². The van der Waals surface area contributed by atoms with Crippen LogP contribution in [0.1, 0.15) is 116 Å². The second kappa shape index (κ2) is 51.3. The lowest BCUT2D eigenvalue weighted by atomic mass is 9.97. The van der Waals surface area contributed by atoms with Gasteiger partial charge < -0.3 is 126 Å². The number of aliphatic carboxylic acids is 2. The van der Waals surface area contributed by atoms with Gasteiger partial charge in [-0.15, -0.1) is 0 Å². The molecule has 0 radical (unpaired) electrons. The van der Waals surface area contributed by atoms with Crippen molar-refractivity contribution in [1.29, 1.82) is 5.41 Å². The minimum atomic E-state index is -5.08. The number of carboxylic acid groups (broad SMARTS) is 2. The number of carbonyl (C=O) groups is 17. The highest BCUT2D eigenvalue weighted by Gasteiger charge is 2.42. The molecular weight excluding hydrogens is 1780 g/mol. The van der Waals surface area contributed by atoms with E-state index in [1.165, 1.54) is 45.7 Å². The number of nitrogens with two attached hydrogens (primary N) is 4. The van der Waals surface area contributed by atoms with Gasteiger partial charge in [-0.25, -0.2) is 9.78 Å². The summed E-state index contributed by atoms with van der Waals surface area (Å²) in [4.78, 5) is 253. The first kappa shape index (κ1) is 108. The average Bonchev–Trinajstić information content (AvgIpc) is 1.66. The van der Waals surface area contributed by atoms with E-state index >= 15 is 28.8 Å². The fourth-order valence-electron chi connectivity index (χ4n) is 14.2. The predicted octanol–water partition coefficient (Wildman–Crippen LogP) is -1.41. The third-order valence-electron chi connectivity index (χ3n) is 21.9. The molecule has 0 aliphatic carbocycles. The number of guanidine groups is 1. The van der Waals surface area contributed by atoms with Crippen molar-refractivity contribution in [3.8, 4) is 5.75 Å². The molecule has 7 rings (SSSR count). The number of fused-ring (bicyclic) bond motifs is 2. The number of hydrogen-bond acceptors (Lipinski definition) is 23. The van der Waals surface area contributed by atoms with Crippen LogP contribution in [0.15, 0.2) is 97.7 Å². The molecule has 48 heteroatoms. The van der Waals surface area contributed by atoms with Crippen LogP contribution >= 0.6 is 21.6 Å². The van der Waals surface area contributed by atoms with Crippen molar-refractivity contribution in [2.75, 3.05) is 38.7 Å². The molecule has 43 nitrogen and oxygen atoms in total. The average molecular weight is 1900 g/mol. The van der Waals surface area contributed by atoms with Crippen LogP contribution in [0.4, 0.5) is 13.2 Å². The number of hydrogen-bond donors (Lipinski definition) is 22. The number of imidazole rings is 1. The molecule has 4 heterocycles. The minimum Gasteiger partial charge on any atom is -0.508 e. The predicted molar refractivity (Wildman–Crippen MR) is 483 cm³/mol. The Bertz CT molecular complexity index is 5120. The standard InChI is InChI=1S/C83H117N23O18S2.C2HF3O2/c1-11-43(5)68(103-72(114)53(84)30-46-23-25-50(107)26-24-46)80(122)100-61-39-125-126-40-62(82(124)106(10)69(70(86)112)44(6)12-2)101-73(115)55(21-17-29-90-83(87)88)94-76(118)58(33-49-36-89-41-92-49)96-71(113)45(7)93-65(109)38-105(9)81(123)60(31-47-35-91-54-20-15-13-18-51(47)54)99-77(119)59(34-66(110)111)97-74(116)56(27-28-64(85)108)95-75(117)57(98-79(121)67(42(3)4)102-78(61)120)32-48-37-104(8)63-22-16-14-19-52(48)63;3-2(4,5)1(6)7/h13-16,18-20,22-26,35-37,41-45,53,55-62,67-69,91,107H,11-12,17,21,27-34,38-40,84H2,1-10H3,(H2,85,108)(H2,86,112)(H,89,92)(H,93,109)(H,94,118)(H,95,117)(H,96,113)(H,97,116)(H,98,121)(H,99,119)(H,100,122)(H,101,115)(H,102,120)(H,103,114)(H,110,111)(H4,87,88,90);(H,6,7)/t43-,44-,45-,53+,55-,56-,57-,58-,59-,60-,61-,62-,67-,68-,69-;/m0./s1. The number of halogens is 3. The Kier molecular flexibility index (Phi) is 41.8. The summed E-state index contributed by atoms with van der Waals surface area (Å²) in [6, 6.07) is -1.05. The maximum absolute atomic E-state index is 15.5. The van der Waals surface area contributed by atoms with Crippen LogP contribution in [0.3, 0.4) is 0 Å². The summed E-state index contributed by atoms with van der Waals surface area (Å²) in [6.45, 7) is 10.3. The molecule has 1 saturated heterocycles. The Labute approximate surface area is 770 Å². The van der Waals surface area contributed by atoms with Crippen molar-refractivity contribution < 1.29 is 110 Å². The molecule has 3 aromatic carbocycles. The fraction of sp³-hybridized carbons (Fsp3) is 0.494. The van der Waals surface area contributed by atoms with Gasteiger partial charge in [0.15, 0.2) is 5.96 Å². The quantitative estimate of drug-likeness (QED) is 0.0111. The number of H-pyrrole nitrogens is 2. The highest BCUT2D eigenvalue weighted by Crippen LogP contribution is 2.28. The van der Waals surface area contributed by atoms with Crippen LogP contribution in [-0.4, -0.2) is 275 Å². The van der Waals surface area contributed by atoms with E-state index in [-0.39, 0.29) is 62.9 Å². The summed E-state index contributed by atoms with van der Waals surface area (Å²) in [7, 11) is 5.95. The van der Waals surface area contributed by atoms with Gasteiger partial charge in [-0.3, -0.25) is 82.1 Å². The largest absolute Gasteiger partial charge is 0.508 e. The number of aromatic nitrogens is 4. The first-order valence-corrected chi connectivity index (χ1v) is 45.0. The molecule has 726 valence electrons. The maximum atomic E-state index is 15.5. The molecule has 15 amide bonds. The first-order chi connectivity index (χ1) is 62.6. The number of likely N-dealkylation sites (N-methyl/N-ethyl adjacent to an activating group) is 2. The van der Waals surface area contributed by atoms with E-state index in [4.69, 9.17) is 38.2 Å². The van der Waals surface area contributed by atoms with Gasteiger partial charge in [0.25, 0.3) is 0 Å². The zero-order valence-electron chi connectivity index (χ0n) is 74.9. The summed E-state index contributed by atoms with van der Waals surface area (Å²) in [5.41, 5.74) is 26.7. The molecule has 0 bridgehead atoms. The molecule has 1 fully saturated rings. The molecule has 1 aliphatic rings. The molecule has 0 spiro atoms. The second-order valence-corrected chi connectivity index (χ2v) is 35.1. The number of phenolic OH excluding ortho intramolecular Hbond substituents is 1. The molecule has 0 unspecified atom stereocenters. The Morgan fingerprint density at radius 1 is 0.654 bits per heavy atom. The molecule has 133 heavy (non-hydrogen) atoms. The summed E-state index contributed by atoms with van der Waals surface area (Å²) >= 11 is 0. The van der Waals surface area contributed by atoms with Crippen LogP contribution in [-0.2, 0) is 114 Å². The third kappa shape index (κ3) is 33.4. The summed E-state index contributed by atoms with van der Waals surface area (Å²) in [6.07, 6.45) is -2.24. The van der Waals surface area contributed by atoms with E-state index in [2.05, 4.69) is 78.8 Å². The number of primary amides is 2. The number of nitrogens with one attached hydrogen (secondary N) is 15. The van der Waals surface area contributed by atoms with Gasteiger partial charge in [0.1, 0.15) is 78.3 Å². The monoisotopic (exact) mass is 1900 g/mol. The SMILES string of the molecule is CC[C@H](C)[C@H](NC(=O)[C@H](N)Cc1ccc(O)cc1)C(=O)N[C@H]1CSSC[C@@H](C(=O)N(C)[C@H](C(N)=O)[C@@H](C)CC)NC(=O)[C@H](CCCNC(=N)N)NC(=O)[C@H](Cc2cnc[nH]2)NC(=O)[C@H](C)NC(=O)CN(C)C(=O)[C@H](Cc2c[nH]c3ccccc23)NC(=O)[C@H](CC(=O)O)NC(=O)[C@H](CCC(N)=O)NC(=O)[C@H](Cc2cn(C)c3ccccc23)NC(=O)[C@H](C(C)C)NC1=O.O=C(O)C(F)(F)F. The number of carboxylic acids is 2. The highest BCUT2D eigenvalue weighted by molar-refractivity contribution is 8.76.